The van der Waals surface area contributed by atoms with Crippen molar-refractivity contribution >= 4 is 44.8 Å². The normalized spacial score (nSPS) is 20.6. The number of hydrogen-bond acceptors (Lipinski definition) is 7. The maximum Gasteiger partial charge on any atom is 0.257 e. The van der Waals surface area contributed by atoms with Crippen LogP contribution in [0.4, 0.5) is 10.3 Å². The second kappa shape index (κ2) is 9.21. The predicted molar refractivity (Wildman–Crippen MR) is 153 cm³/mol. The molecule has 3 aromatic carbocycles. The zero-order valence-electron chi connectivity index (χ0n) is 20.9. The third-order valence-corrected chi connectivity index (χ3v) is 9.24. The number of nitrogens with one attached hydrogen (secondary N) is 2. The number of thiazole rings is 1. The molecule has 8 rings (SSSR count). The highest BCUT2D eigenvalue weighted by atomic mass is 32.1. The van der Waals surface area contributed by atoms with Gasteiger partial charge in [0.1, 0.15) is 5.51 Å². The molecule has 7 nitrogen and oxygen atoms in total. The van der Waals surface area contributed by atoms with Gasteiger partial charge >= 0.3 is 0 Å². The zero-order valence-corrected chi connectivity index (χ0v) is 22.6. The van der Waals surface area contributed by atoms with Crippen molar-refractivity contribution in [1.29, 1.82) is 0 Å². The average molecular weight is 550 g/mol. The SMILES string of the molecule is CC1(C(=O)Nc2nc(-c3cccc(C(=O)Nc4nncs4)c3)cs2)CC2c3ccccc3C1c1ccccc12. The number of aromatic nitrogens is 3. The Kier molecular flexibility index (Phi) is 5.64. The first-order chi connectivity index (χ1) is 19.0. The highest BCUT2D eigenvalue weighted by Crippen LogP contribution is 2.61. The van der Waals surface area contributed by atoms with Gasteiger partial charge in [-0.25, -0.2) is 4.98 Å². The summed E-state index contributed by atoms with van der Waals surface area (Å²) in [5.41, 5.74) is 8.09. The van der Waals surface area contributed by atoms with Gasteiger partial charge in [0, 0.05) is 28.3 Å². The predicted octanol–water partition coefficient (Wildman–Crippen LogP) is 6.54. The molecule has 0 aliphatic heterocycles. The van der Waals surface area contributed by atoms with E-state index in [4.69, 9.17) is 4.98 Å². The van der Waals surface area contributed by atoms with Crippen LogP contribution in [-0.2, 0) is 4.79 Å². The van der Waals surface area contributed by atoms with Gasteiger partial charge in [0.05, 0.1) is 11.1 Å². The Balaban J connectivity index is 1.14. The smallest absolute Gasteiger partial charge is 0.257 e. The molecule has 0 saturated carbocycles. The molecular formula is C30H23N5O2S2. The summed E-state index contributed by atoms with van der Waals surface area (Å²) in [7, 11) is 0. The highest BCUT2D eigenvalue weighted by molar-refractivity contribution is 7.14. The maximum atomic E-state index is 13.9. The van der Waals surface area contributed by atoms with Gasteiger partial charge in [-0.1, -0.05) is 72.0 Å². The van der Waals surface area contributed by atoms with E-state index in [9.17, 15) is 9.59 Å². The Bertz CT molecular complexity index is 1680. The summed E-state index contributed by atoms with van der Waals surface area (Å²) in [5.74, 6) is -0.109. The van der Waals surface area contributed by atoms with Crippen LogP contribution in [0.2, 0.25) is 0 Å². The highest BCUT2D eigenvalue weighted by Gasteiger charge is 2.53. The molecule has 1 atom stereocenters. The molecule has 3 aliphatic carbocycles. The summed E-state index contributed by atoms with van der Waals surface area (Å²) >= 11 is 2.64. The second-order valence-corrected chi connectivity index (χ2v) is 11.8. The monoisotopic (exact) mass is 549 g/mol. The Morgan fingerprint density at radius 1 is 0.872 bits per heavy atom. The number of nitrogens with zero attached hydrogens (tertiary/aromatic N) is 3. The minimum Gasteiger partial charge on any atom is -0.301 e. The van der Waals surface area contributed by atoms with Crippen molar-refractivity contribution in [3.63, 3.8) is 0 Å². The van der Waals surface area contributed by atoms with Gasteiger partial charge in [-0.15, -0.1) is 21.5 Å². The molecular weight excluding hydrogens is 526 g/mol. The van der Waals surface area contributed by atoms with Crippen molar-refractivity contribution < 1.29 is 9.59 Å². The lowest BCUT2D eigenvalue weighted by molar-refractivity contribution is -0.126. The van der Waals surface area contributed by atoms with E-state index in [2.05, 4.69) is 76.3 Å². The van der Waals surface area contributed by atoms with Crippen LogP contribution < -0.4 is 10.6 Å². The largest absolute Gasteiger partial charge is 0.301 e. The Morgan fingerprint density at radius 3 is 2.28 bits per heavy atom. The molecule has 3 aliphatic rings. The zero-order chi connectivity index (χ0) is 26.6. The first-order valence-corrected chi connectivity index (χ1v) is 14.4. The molecule has 5 aromatic rings. The minimum absolute atomic E-state index is 0.0161. The molecule has 0 saturated heterocycles. The molecule has 0 spiro atoms. The van der Waals surface area contributed by atoms with Gasteiger partial charge < -0.3 is 5.32 Å². The molecule has 2 N–H and O–H groups in total. The van der Waals surface area contributed by atoms with Crippen molar-refractivity contribution in [3.05, 3.63) is 112 Å². The van der Waals surface area contributed by atoms with Gasteiger partial charge in [0.2, 0.25) is 11.0 Å². The van der Waals surface area contributed by atoms with Crippen molar-refractivity contribution in [2.75, 3.05) is 10.6 Å². The van der Waals surface area contributed by atoms with Gasteiger partial charge in [-0.3, -0.25) is 14.9 Å². The first kappa shape index (κ1) is 23.9. The van der Waals surface area contributed by atoms with E-state index < -0.39 is 5.41 Å². The van der Waals surface area contributed by atoms with Crippen LogP contribution in [0.25, 0.3) is 11.3 Å². The van der Waals surface area contributed by atoms with Crippen LogP contribution >= 0.6 is 22.7 Å². The van der Waals surface area contributed by atoms with Crippen LogP contribution in [-0.4, -0.2) is 27.0 Å². The third-order valence-electron chi connectivity index (χ3n) is 7.87. The molecule has 1 unspecified atom stereocenters. The van der Waals surface area contributed by atoms with E-state index in [1.807, 2.05) is 17.5 Å². The van der Waals surface area contributed by atoms with Crippen molar-refractivity contribution in [3.8, 4) is 11.3 Å². The van der Waals surface area contributed by atoms with Crippen molar-refractivity contribution in [2.24, 2.45) is 5.41 Å². The summed E-state index contributed by atoms with van der Waals surface area (Å²) in [6.07, 6.45) is 0.752. The fourth-order valence-electron chi connectivity index (χ4n) is 6.11. The lowest BCUT2D eigenvalue weighted by Crippen LogP contribution is -2.47. The van der Waals surface area contributed by atoms with E-state index in [0.717, 1.165) is 12.0 Å². The standard InChI is InChI=1S/C30H23N5O2S2/c1-30(14-23-19-9-2-4-11-21(19)25(30)22-12-5-3-10-20(22)23)27(37)34-28-32-24(15-38-28)17-7-6-8-18(13-17)26(36)33-29-35-31-16-39-29/h2-13,15-16,23,25H,14H2,1H3,(H,32,34,37)(H,33,35,36). The lowest BCUT2D eigenvalue weighted by atomic mass is 9.52. The Labute approximate surface area is 233 Å². The van der Waals surface area contributed by atoms with E-state index >= 15 is 0 Å². The number of carbonyl (C=O) groups is 2. The Hall–Kier alpha value is -4.21. The van der Waals surface area contributed by atoms with Crippen LogP contribution in [0, 0.1) is 5.41 Å². The van der Waals surface area contributed by atoms with Gasteiger partial charge in [-0.05, 0) is 47.7 Å². The van der Waals surface area contributed by atoms with Crippen LogP contribution in [0.3, 0.4) is 0 Å². The summed E-state index contributed by atoms with van der Waals surface area (Å²) in [4.78, 5) is 31.3. The minimum atomic E-state index is -0.609. The first-order valence-electron chi connectivity index (χ1n) is 12.6. The van der Waals surface area contributed by atoms with Crippen LogP contribution in [0.1, 0.15) is 57.8 Å². The number of carbonyl (C=O) groups excluding carboxylic acids is 2. The fourth-order valence-corrected chi connectivity index (χ4v) is 7.26. The van der Waals surface area contributed by atoms with Crippen molar-refractivity contribution in [1.82, 2.24) is 15.2 Å². The molecule has 0 fully saturated rings. The summed E-state index contributed by atoms with van der Waals surface area (Å²) in [6.45, 7) is 2.08. The van der Waals surface area contributed by atoms with Gasteiger partial charge in [-0.2, -0.15) is 0 Å². The fraction of sp³-hybridized carbons (Fsp3) is 0.167. The summed E-state index contributed by atoms with van der Waals surface area (Å²) < 4.78 is 0. The number of amides is 2. The summed E-state index contributed by atoms with van der Waals surface area (Å²) in [5, 5.41) is 16.4. The number of fused-ring (bicyclic) bond motifs is 1. The number of anilines is 2. The molecule has 2 aromatic heterocycles. The van der Waals surface area contributed by atoms with Gasteiger partial charge in [0.25, 0.3) is 5.91 Å². The van der Waals surface area contributed by atoms with Gasteiger partial charge in [0.15, 0.2) is 5.13 Å². The number of benzene rings is 3. The molecule has 2 amide bonds. The number of hydrogen-bond donors (Lipinski definition) is 2. The van der Waals surface area contributed by atoms with E-state index in [1.165, 1.54) is 44.9 Å². The summed E-state index contributed by atoms with van der Waals surface area (Å²) in [6, 6.07) is 24.3. The van der Waals surface area contributed by atoms with E-state index in [-0.39, 0.29) is 23.7 Å². The number of rotatable bonds is 5. The lowest BCUT2D eigenvalue weighted by Gasteiger charge is -2.50. The molecule has 192 valence electrons. The molecule has 2 heterocycles. The quantitative estimate of drug-likeness (QED) is 0.259. The molecule has 39 heavy (non-hydrogen) atoms. The molecule has 2 bridgehead atoms. The van der Waals surface area contributed by atoms with Crippen LogP contribution in [0.5, 0.6) is 0 Å². The topological polar surface area (TPSA) is 96.9 Å². The van der Waals surface area contributed by atoms with E-state index in [1.54, 1.807) is 17.6 Å². The Morgan fingerprint density at radius 2 is 1.59 bits per heavy atom. The van der Waals surface area contributed by atoms with Crippen molar-refractivity contribution in [2.45, 2.75) is 25.2 Å². The second-order valence-electron chi connectivity index (χ2n) is 10.1. The molecule has 0 radical (unpaired) electrons. The van der Waals surface area contributed by atoms with E-state index in [0.29, 0.717) is 21.5 Å². The van der Waals surface area contributed by atoms with Crippen LogP contribution in [0.15, 0.2) is 83.7 Å². The maximum absolute atomic E-state index is 13.9. The average Bonchev–Trinajstić information content (AvgIpc) is 3.66. The molecule has 9 heteroatoms. The third kappa shape index (κ3) is 3.97.